The van der Waals surface area contributed by atoms with Gasteiger partial charge in [-0.05, 0) is 19.4 Å². The van der Waals surface area contributed by atoms with Gasteiger partial charge in [-0.1, -0.05) is 30.3 Å². The number of carbonyl (C=O) groups is 1. The summed E-state index contributed by atoms with van der Waals surface area (Å²) < 4.78 is 36.9. The third-order valence-electron chi connectivity index (χ3n) is 4.38. The molecule has 9 nitrogen and oxygen atoms in total. The van der Waals surface area contributed by atoms with Crippen LogP contribution in [0.4, 0.5) is 5.69 Å². The molecule has 1 aliphatic heterocycles. The zero-order chi connectivity index (χ0) is 21.4. The van der Waals surface area contributed by atoms with Gasteiger partial charge in [-0.25, -0.2) is 13.4 Å². The summed E-state index contributed by atoms with van der Waals surface area (Å²) in [6.45, 7) is 3.04. The first-order valence-corrected chi connectivity index (χ1v) is 10.4. The number of carbonyl (C=O) groups excluding carboxylic acids is 1. The van der Waals surface area contributed by atoms with E-state index in [4.69, 9.17) is 9.47 Å². The normalized spacial score (nSPS) is 21.1. The highest BCUT2D eigenvalue weighted by atomic mass is 32.2. The highest BCUT2D eigenvalue weighted by Gasteiger charge is 2.57. The lowest BCUT2D eigenvalue weighted by atomic mass is 9.93. The van der Waals surface area contributed by atoms with E-state index in [-0.39, 0.29) is 22.2 Å². The zero-order valence-corrected chi connectivity index (χ0v) is 16.7. The van der Waals surface area contributed by atoms with Gasteiger partial charge in [-0.15, -0.1) is 0 Å². The number of sulfone groups is 1. The standard InChI is InChI=1S/C19H18N2O7S/c1-18(2)17(29(3,25)26)16(27-15-10-9-14(11-20-15)21(23)24)19(12-22,28-18)13-7-5-4-6-8-13/h4-12H,1-3H3. The molecular formula is C19H18N2O7S. The van der Waals surface area contributed by atoms with E-state index in [1.165, 1.54) is 19.9 Å². The molecule has 152 valence electrons. The van der Waals surface area contributed by atoms with Crippen molar-refractivity contribution < 1.29 is 27.6 Å². The van der Waals surface area contributed by atoms with Gasteiger partial charge in [-0.2, -0.15) is 0 Å². The molecule has 2 aromatic rings. The Morgan fingerprint density at radius 3 is 2.31 bits per heavy atom. The summed E-state index contributed by atoms with van der Waals surface area (Å²) in [6.07, 6.45) is 2.44. The predicted octanol–water partition coefficient (Wildman–Crippen LogP) is 2.53. The molecule has 0 N–H and O–H groups in total. The largest absolute Gasteiger partial charge is 0.438 e. The van der Waals surface area contributed by atoms with Crippen LogP contribution in [0.1, 0.15) is 19.4 Å². The number of rotatable bonds is 6. The van der Waals surface area contributed by atoms with E-state index in [0.717, 1.165) is 18.5 Å². The van der Waals surface area contributed by atoms with Crippen LogP contribution in [-0.2, 0) is 25.0 Å². The number of pyridine rings is 1. The van der Waals surface area contributed by atoms with Gasteiger partial charge in [0.25, 0.3) is 5.69 Å². The van der Waals surface area contributed by atoms with Gasteiger partial charge >= 0.3 is 0 Å². The van der Waals surface area contributed by atoms with Crippen LogP contribution >= 0.6 is 0 Å². The van der Waals surface area contributed by atoms with E-state index in [0.29, 0.717) is 11.8 Å². The first-order valence-electron chi connectivity index (χ1n) is 8.47. The van der Waals surface area contributed by atoms with Crippen molar-refractivity contribution >= 4 is 21.8 Å². The van der Waals surface area contributed by atoms with E-state index >= 15 is 0 Å². The lowest BCUT2D eigenvalue weighted by Gasteiger charge is -2.29. The molecule has 3 rings (SSSR count). The molecule has 0 aliphatic carbocycles. The van der Waals surface area contributed by atoms with Crippen LogP contribution in [-0.4, -0.2) is 36.5 Å². The molecule has 0 radical (unpaired) electrons. The number of benzene rings is 1. The molecule has 0 amide bonds. The Morgan fingerprint density at radius 2 is 1.83 bits per heavy atom. The average molecular weight is 418 g/mol. The molecule has 0 saturated carbocycles. The second kappa shape index (κ2) is 7.05. The third kappa shape index (κ3) is 3.64. The third-order valence-corrected chi connectivity index (χ3v) is 5.80. The van der Waals surface area contributed by atoms with Gasteiger partial charge in [0.1, 0.15) is 16.7 Å². The van der Waals surface area contributed by atoms with Crippen molar-refractivity contribution in [1.82, 2.24) is 4.98 Å². The predicted molar refractivity (Wildman–Crippen MR) is 103 cm³/mol. The second-order valence-corrected chi connectivity index (χ2v) is 8.93. The fourth-order valence-electron chi connectivity index (χ4n) is 3.34. The van der Waals surface area contributed by atoms with Crippen LogP contribution in [0.25, 0.3) is 0 Å². The van der Waals surface area contributed by atoms with Crippen LogP contribution in [0.2, 0.25) is 0 Å². The Labute approximate surface area is 167 Å². The fraction of sp³-hybridized carbons (Fsp3) is 0.263. The van der Waals surface area contributed by atoms with Gasteiger partial charge in [0.2, 0.25) is 11.5 Å². The maximum atomic E-state index is 12.6. The number of nitrogens with zero attached hydrogens (tertiary/aromatic N) is 2. The Hall–Kier alpha value is -3.11. The summed E-state index contributed by atoms with van der Waals surface area (Å²) in [5.41, 5.74) is -3.09. The fourth-order valence-corrected chi connectivity index (χ4v) is 4.81. The summed E-state index contributed by atoms with van der Waals surface area (Å²) in [4.78, 5) is 26.1. The molecule has 0 saturated heterocycles. The maximum Gasteiger partial charge on any atom is 0.287 e. The van der Waals surface area contributed by atoms with Crippen molar-refractivity contribution in [1.29, 1.82) is 0 Å². The van der Waals surface area contributed by atoms with Gasteiger partial charge < -0.3 is 9.47 Å². The first-order chi connectivity index (χ1) is 13.5. The number of hydrogen-bond acceptors (Lipinski definition) is 8. The summed E-state index contributed by atoms with van der Waals surface area (Å²) in [7, 11) is -3.86. The minimum atomic E-state index is -3.86. The molecule has 1 aliphatic rings. The SMILES string of the molecule is CC1(C)OC(C=O)(c2ccccc2)C(Oc2ccc([N+](=O)[O-])cn2)=C1S(C)(=O)=O. The van der Waals surface area contributed by atoms with Crippen LogP contribution in [0.5, 0.6) is 5.88 Å². The van der Waals surface area contributed by atoms with Crippen molar-refractivity contribution in [2.75, 3.05) is 6.26 Å². The van der Waals surface area contributed by atoms with Crippen molar-refractivity contribution in [3.05, 3.63) is 75.0 Å². The van der Waals surface area contributed by atoms with Gasteiger partial charge in [0.05, 0.1) is 4.92 Å². The molecule has 1 aromatic heterocycles. The Balaban J connectivity index is 2.24. The van der Waals surface area contributed by atoms with E-state index in [1.807, 2.05) is 0 Å². The molecular weight excluding hydrogens is 400 g/mol. The van der Waals surface area contributed by atoms with Gasteiger partial charge in [-0.3, -0.25) is 14.9 Å². The minimum Gasteiger partial charge on any atom is -0.438 e. The summed E-state index contributed by atoms with van der Waals surface area (Å²) >= 11 is 0. The molecule has 10 heteroatoms. The number of nitro groups is 1. The highest BCUT2D eigenvalue weighted by molar-refractivity contribution is 7.94. The lowest BCUT2D eigenvalue weighted by molar-refractivity contribution is -0.385. The Morgan fingerprint density at radius 1 is 1.17 bits per heavy atom. The number of aromatic nitrogens is 1. The highest BCUT2D eigenvalue weighted by Crippen LogP contribution is 2.49. The summed E-state index contributed by atoms with van der Waals surface area (Å²) in [5.74, 6) is -0.359. The van der Waals surface area contributed by atoms with Crippen LogP contribution < -0.4 is 4.74 Å². The van der Waals surface area contributed by atoms with E-state index < -0.39 is 26.0 Å². The van der Waals surface area contributed by atoms with Crippen molar-refractivity contribution in [2.24, 2.45) is 0 Å². The molecule has 0 spiro atoms. The average Bonchev–Trinajstić information content (AvgIpc) is 2.90. The number of hydrogen-bond donors (Lipinski definition) is 0. The smallest absolute Gasteiger partial charge is 0.287 e. The van der Waals surface area contributed by atoms with Crippen LogP contribution in [0, 0.1) is 10.1 Å². The van der Waals surface area contributed by atoms with Crippen molar-refractivity contribution in [3.8, 4) is 5.88 Å². The molecule has 0 fully saturated rings. The maximum absolute atomic E-state index is 12.6. The molecule has 0 bridgehead atoms. The van der Waals surface area contributed by atoms with E-state index in [2.05, 4.69) is 4.98 Å². The van der Waals surface area contributed by atoms with Gasteiger partial charge in [0.15, 0.2) is 21.9 Å². The molecule has 2 heterocycles. The van der Waals surface area contributed by atoms with Crippen molar-refractivity contribution in [2.45, 2.75) is 25.0 Å². The van der Waals surface area contributed by atoms with E-state index in [1.54, 1.807) is 30.3 Å². The molecule has 1 atom stereocenters. The van der Waals surface area contributed by atoms with Crippen molar-refractivity contribution in [3.63, 3.8) is 0 Å². The minimum absolute atomic E-state index is 0.116. The Kier molecular flexibility index (Phi) is 5.01. The summed E-state index contributed by atoms with van der Waals surface area (Å²) in [6, 6.07) is 10.7. The lowest BCUT2D eigenvalue weighted by Crippen LogP contribution is -2.36. The first kappa shape index (κ1) is 20.6. The van der Waals surface area contributed by atoms with E-state index in [9.17, 15) is 23.3 Å². The summed E-state index contributed by atoms with van der Waals surface area (Å²) in [5, 5.41) is 10.8. The molecule has 29 heavy (non-hydrogen) atoms. The monoisotopic (exact) mass is 418 g/mol. The quantitative estimate of drug-likeness (QED) is 0.398. The number of aldehydes is 1. The molecule has 1 unspecified atom stereocenters. The van der Waals surface area contributed by atoms with Crippen LogP contribution in [0.15, 0.2) is 59.3 Å². The van der Waals surface area contributed by atoms with Gasteiger partial charge in [0, 0.05) is 18.4 Å². The van der Waals surface area contributed by atoms with Crippen LogP contribution in [0.3, 0.4) is 0 Å². The number of ether oxygens (including phenoxy) is 2. The second-order valence-electron chi connectivity index (χ2n) is 6.98. The zero-order valence-electron chi connectivity index (χ0n) is 15.9. The Bertz CT molecular complexity index is 1090. The topological polar surface area (TPSA) is 126 Å². The molecule has 1 aromatic carbocycles.